The first-order valence-electron chi connectivity index (χ1n) is 7.41. The van der Waals surface area contributed by atoms with Gasteiger partial charge in [-0.2, -0.15) is 4.31 Å². The fraction of sp³-hybridized carbons (Fsp3) is 0.600. The summed E-state index contributed by atoms with van der Waals surface area (Å²) in [6, 6.07) is 3.91. The van der Waals surface area contributed by atoms with Gasteiger partial charge in [0.05, 0.1) is 11.0 Å². The van der Waals surface area contributed by atoms with Crippen LogP contribution in [0.1, 0.15) is 19.4 Å². The molecule has 2 rings (SSSR count). The van der Waals surface area contributed by atoms with Crippen LogP contribution in [0.3, 0.4) is 0 Å². The van der Waals surface area contributed by atoms with Crippen molar-refractivity contribution in [2.45, 2.75) is 37.8 Å². The average molecular weight is 330 g/mol. The minimum absolute atomic E-state index is 0.0309. The van der Waals surface area contributed by atoms with Crippen LogP contribution in [0.5, 0.6) is 0 Å². The third-order valence-corrected chi connectivity index (χ3v) is 6.14. The largest absolute Gasteiger partial charge is 0.392 e. The molecule has 1 aromatic carbocycles. The third-order valence-electron chi connectivity index (χ3n) is 3.98. The van der Waals surface area contributed by atoms with Crippen molar-refractivity contribution in [2.24, 2.45) is 0 Å². The van der Waals surface area contributed by atoms with Crippen LogP contribution in [0.4, 0.5) is 4.39 Å². The molecule has 1 N–H and O–H groups in total. The molecule has 0 radical (unpaired) electrons. The van der Waals surface area contributed by atoms with Gasteiger partial charge in [-0.15, -0.1) is 0 Å². The maximum absolute atomic E-state index is 13.7. The summed E-state index contributed by atoms with van der Waals surface area (Å²) in [5.41, 5.74) is 0.154. The van der Waals surface area contributed by atoms with E-state index >= 15 is 0 Å². The Balaban J connectivity index is 2.22. The number of aliphatic hydroxyl groups excluding tert-OH is 1. The molecule has 1 heterocycles. The number of β-amino-alcohol motifs (C(OH)–C–C–N with tert-alkyl or cyclic N) is 1. The Labute approximate surface area is 131 Å². The fourth-order valence-electron chi connectivity index (χ4n) is 2.91. The van der Waals surface area contributed by atoms with Crippen LogP contribution < -0.4 is 0 Å². The van der Waals surface area contributed by atoms with E-state index in [1.807, 2.05) is 11.8 Å². The Morgan fingerprint density at radius 1 is 1.41 bits per heavy atom. The summed E-state index contributed by atoms with van der Waals surface area (Å²) in [5, 5.41) is 9.45. The molecular weight excluding hydrogens is 307 g/mol. The average Bonchev–Trinajstić information content (AvgIpc) is 2.40. The summed E-state index contributed by atoms with van der Waals surface area (Å²) in [6.45, 7) is 7.01. The number of sulfonamides is 1. The highest BCUT2D eigenvalue weighted by Gasteiger charge is 2.34. The second-order valence-corrected chi connectivity index (χ2v) is 7.80. The molecule has 124 valence electrons. The van der Waals surface area contributed by atoms with Crippen molar-refractivity contribution in [3.8, 4) is 0 Å². The summed E-state index contributed by atoms with van der Waals surface area (Å²) >= 11 is 0. The number of piperazine rings is 1. The summed E-state index contributed by atoms with van der Waals surface area (Å²) in [4.78, 5) is 2.07. The SMILES string of the molecule is Cc1c(F)cccc1S(=O)(=O)N1CCN(C[C@H](C)O)C[C@H]1C. The number of rotatable bonds is 4. The van der Waals surface area contributed by atoms with Crippen molar-refractivity contribution < 1.29 is 17.9 Å². The van der Waals surface area contributed by atoms with E-state index in [-0.39, 0.29) is 16.5 Å². The van der Waals surface area contributed by atoms with Gasteiger partial charge >= 0.3 is 0 Å². The van der Waals surface area contributed by atoms with Gasteiger partial charge in [-0.1, -0.05) is 6.07 Å². The van der Waals surface area contributed by atoms with Gasteiger partial charge < -0.3 is 5.11 Å². The molecule has 0 spiro atoms. The molecule has 0 bridgehead atoms. The quantitative estimate of drug-likeness (QED) is 0.901. The molecule has 22 heavy (non-hydrogen) atoms. The number of aliphatic hydroxyl groups is 1. The van der Waals surface area contributed by atoms with E-state index in [0.717, 1.165) is 0 Å². The summed E-state index contributed by atoms with van der Waals surface area (Å²) in [5.74, 6) is -0.513. The molecule has 0 aromatic heterocycles. The van der Waals surface area contributed by atoms with Crippen LogP contribution >= 0.6 is 0 Å². The van der Waals surface area contributed by atoms with Gasteiger partial charge in [-0.25, -0.2) is 12.8 Å². The predicted octanol–water partition coefficient (Wildman–Crippen LogP) is 1.21. The number of nitrogens with zero attached hydrogens (tertiary/aromatic N) is 2. The van der Waals surface area contributed by atoms with Crippen molar-refractivity contribution in [3.05, 3.63) is 29.6 Å². The van der Waals surface area contributed by atoms with Crippen LogP contribution in [-0.2, 0) is 10.0 Å². The lowest BCUT2D eigenvalue weighted by Crippen LogP contribution is -2.54. The smallest absolute Gasteiger partial charge is 0.243 e. The number of hydrogen-bond acceptors (Lipinski definition) is 4. The van der Waals surface area contributed by atoms with Gasteiger partial charge in [-0.3, -0.25) is 4.90 Å². The predicted molar refractivity (Wildman–Crippen MR) is 82.6 cm³/mol. The summed E-state index contributed by atoms with van der Waals surface area (Å²) in [6.07, 6.45) is -0.444. The highest BCUT2D eigenvalue weighted by Crippen LogP contribution is 2.25. The van der Waals surface area contributed by atoms with E-state index in [1.165, 1.54) is 29.4 Å². The molecule has 0 aliphatic carbocycles. The van der Waals surface area contributed by atoms with E-state index in [9.17, 15) is 17.9 Å². The van der Waals surface area contributed by atoms with Gasteiger partial charge in [-0.05, 0) is 32.9 Å². The standard InChI is InChI=1S/C15H23FN2O3S/c1-11-9-17(10-12(2)19)7-8-18(11)22(20,21)15-6-4-5-14(16)13(15)3/h4-6,11-12,19H,7-10H2,1-3H3/t11-,12+/m1/s1. The molecule has 0 amide bonds. The lowest BCUT2D eigenvalue weighted by atomic mass is 10.2. The van der Waals surface area contributed by atoms with E-state index in [0.29, 0.717) is 26.2 Å². The summed E-state index contributed by atoms with van der Waals surface area (Å²) < 4.78 is 40.7. The molecule has 1 fully saturated rings. The van der Waals surface area contributed by atoms with E-state index in [1.54, 1.807) is 6.92 Å². The zero-order chi connectivity index (χ0) is 16.5. The van der Waals surface area contributed by atoms with Gasteiger partial charge in [0.15, 0.2) is 0 Å². The van der Waals surface area contributed by atoms with Crippen LogP contribution in [0.2, 0.25) is 0 Å². The Hall–Kier alpha value is -1.02. The van der Waals surface area contributed by atoms with Crippen LogP contribution in [-0.4, -0.2) is 61.1 Å². The molecular formula is C15H23FN2O3S. The van der Waals surface area contributed by atoms with Gasteiger partial charge in [0.2, 0.25) is 10.0 Å². The van der Waals surface area contributed by atoms with Crippen molar-refractivity contribution in [3.63, 3.8) is 0 Å². The normalized spacial score (nSPS) is 22.7. The van der Waals surface area contributed by atoms with E-state index in [2.05, 4.69) is 0 Å². The van der Waals surface area contributed by atoms with Gasteiger partial charge in [0.25, 0.3) is 0 Å². The first kappa shape index (κ1) is 17.3. The highest BCUT2D eigenvalue weighted by atomic mass is 32.2. The van der Waals surface area contributed by atoms with Crippen molar-refractivity contribution in [1.29, 1.82) is 0 Å². The molecule has 7 heteroatoms. The molecule has 2 atom stereocenters. The lowest BCUT2D eigenvalue weighted by Gasteiger charge is -2.39. The fourth-order valence-corrected chi connectivity index (χ4v) is 4.76. The van der Waals surface area contributed by atoms with Crippen molar-refractivity contribution >= 4 is 10.0 Å². The molecule has 0 unspecified atom stereocenters. The minimum Gasteiger partial charge on any atom is -0.392 e. The second kappa shape index (κ2) is 6.62. The topological polar surface area (TPSA) is 60.9 Å². The van der Waals surface area contributed by atoms with Gasteiger partial charge in [0, 0.05) is 37.8 Å². The Bertz CT molecular complexity index is 634. The number of hydrogen-bond donors (Lipinski definition) is 1. The Morgan fingerprint density at radius 2 is 2.09 bits per heavy atom. The first-order valence-corrected chi connectivity index (χ1v) is 8.85. The summed E-state index contributed by atoms with van der Waals surface area (Å²) in [7, 11) is -3.71. The minimum atomic E-state index is -3.71. The molecule has 1 aromatic rings. The maximum Gasteiger partial charge on any atom is 0.243 e. The second-order valence-electron chi connectivity index (χ2n) is 5.94. The number of benzene rings is 1. The first-order chi connectivity index (χ1) is 10.2. The molecule has 1 saturated heterocycles. The van der Waals surface area contributed by atoms with Crippen molar-refractivity contribution in [2.75, 3.05) is 26.2 Å². The van der Waals surface area contributed by atoms with Crippen LogP contribution in [0.15, 0.2) is 23.1 Å². The van der Waals surface area contributed by atoms with E-state index in [4.69, 9.17) is 0 Å². The highest BCUT2D eigenvalue weighted by molar-refractivity contribution is 7.89. The monoisotopic (exact) mass is 330 g/mol. The Morgan fingerprint density at radius 3 is 2.68 bits per heavy atom. The zero-order valence-corrected chi connectivity index (χ0v) is 14.0. The Kier molecular flexibility index (Phi) is 5.21. The number of halogens is 1. The van der Waals surface area contributed by atoms with Crippen LogP contribution in [0, 0.1) is 12.7 Å². The van der Waals surface area contributed by atoms with Crippen LogP contribution in [0.25, 0.3) is 0 Å². The lowest BCUT2D eigenvalue weighted by molar-refractivity contribution is 0.0840. The van der Waals surface area contributed by atoms with Gasteiger partial charge in [0.1, 0.15) is 5.82 Å². The molecule has 1 aliphatic rings. The zero-order valence-electron chi connectivity index (χ0n) is 13.2. The molecule has 5 nitrogen and oxygen atoms in total. The molecule has 0 saturated carbocycles. The van der Waals surface area contributed by atoms with Crippen molar-refractivity contribution in [1.82, 2.24) is 9.21 Å². The van der Waals surface area contributed by atoms with E-state index < -0.39 is 21.9 Å². The molecule has 1 aliphatic heterocycles. The maximum atomic E-state index is 13.7. The third kappa shape index (κ3) is 3.48.